The van der Waals surface area contributed by atoms with Crippen LogP contribution in [-0.4, -0.2) is 5.04 Å². The number of hydrogen-bond donors (Lipinski definition) is 2. The van der Waals surface area contributed by atoms with Crippen molar-refractivity contribution in [2.45, 2.75) is 13.8 Å². The van der Waals surface area contributed by atoms with Gasteiger partial charge in [0.2, 0.25) is 0 Å². The van der Waals surface area contributed by atoms with Crippen molar-refractivity contribution < 1.29 is 0 Å². The molecule has 0 bridgehead atoms. The Morgan fingerprint density at radius 3 is 2.71 bits per heavy atom. The number of thiol groups is 2. The number of benzene rings is 1. The Kier molecular flexibility index (Phi) is 4.29. The molecule has 0 aliphatic heterocycles. The van der Waals surface area contributed by atoms with E-state index < -0.39 is 0 Å². The average Bonchev–Trinajstić information content (AvgIpc) is 2.16. The van der Waals surface area contributed by atoms with E-state index >= 15 is 0 Å². The third kappa shape index (κ3) is 3.24. The van der Waals surface area contributed by atoms with E-state index in [2.05, 4.69) is 30.2 Å². The molecular weight excluding hydrogens is 210 g/mol. The Balaban J connectivity index is 2.97. The molecule has 0 amide bonds. The first-order valence-electron chi connectivity index (χ1n) is 4.29. The highest BCUT2D eigenvalue weighted by Gasteiger charge is 1.95. The lowest BCUT2D eigenvalue weighted by Crippen LogP contribution is -1.87. The summed E-state index contributed by atoms with van der Waals surface area (Å²) < 4.78 is 0. The van der Waals surface area contributed by atoms with E-state index in [1.165, 1.54) is 5.56 Å². The lowest BCUT2D eigenvalue weighted by atomic mass is 10.2. The van der Waals surface area contributed by atoms with Gasteiger partial charge in [0.05, 0.1) is 10.7 Å². The summed E-state index contributed by atoms with van der Waals surface area (Å²) in [6.07, 6.45) is 0. The van der Waals surface area contributed by atoms with E-state index in [-0.39, 0.29) is 0 Å². The van der Waals surface area contributed by atoms with Gasteiger partial charge in [-0.1, -0.05) is 12.1 Å². The van der Waals surface area contributed by atoms with Crippen LogP contribution in [0.2, 0.25) is 0 Å². The molecule has 3 heteroatoms. The van der Waals surface area contributed by atoms with E-state index in [1.54, 1.807) is 5.41 Å². The van der Waals surface area contributed by atoms with Crippen LogP contribution in [0.15, 0.2) is 40.2 Å². The zero-order valence-corrected chi connectivity index (χ0v) is 10.0. The monoisotopic (exact) mass is 223 g/mol. The van der Waals surface area contributed by atoms with Crippen LogP contribution in [-0.2, 0) is 0 Å². The van der Waals surface area contributed by atoms with Crippen molar-refractivity contribution >= 4 is 36.0 Å². The maximum atomic E-state index is 4.35. The molecule has 0 aliphatic carbocycles. The highest BCUT2D eigenvalue weighted by atomic mass is 32.1. The minimum atomic E-state index is 0.700. The molecule has 0 saturated carbocycles. The molecular formula is C11H13NS2. The molecule has 74 valence electrons. The number of rotatable bonds is 2. The fraction of sp³-hybridized carbons (Fsp3) is 0.182. The normalized spacial score (nSPS) is 13.1. The Labute approximate surface area is 95.8 Å². The zero-order valence-electron chi connectivity index (χ0n) is 8.23. The molecule has 1 rings (SSSR count). The van der Waals surface area contributed by atoms with E-state index in [0.29, 0.717) is 5.04 Å². The van der Waals surface area contributed by atoms with Crippen LogP contribution in [0.1, 0.15) is 12.5 Å². The first kappa shape index (κ1) is 11.4. The van der Waals surface area contributed by atoms with Gasteiger partial charge in [0, 0.05) is 0 Å². The van der Waals surface area contributed by atoms with Crippen LogP contribution in [0.4, 0.5) is 5.69 Å². The van der Waals surface area contributed by atoms with Gasteiger partial charge >= 0.3 is 0 Å². The van der Waals surface area contributed by atoms with Crippen molar-refractivity contribution in [2.75, 3.05) is 0 Å². The summed E-state index contributed by atoms with van der Waals surface area (Å²) >= 11 is 8.33. The molecule has 0 spiro atoms. The first-order chi connectivity index (χ1) is 6.63. The summed E-state index contributed by atoms with van der Waals surface area (Å²) in [5, 5.41) is 2.40. The molecule has 1 aromatic rings. The summed E-state index contributed by atoms with van der Waals surface area (Å²) in [6, 6.07) is 7.99. The van der Waals surface area contributed by atoms with Crippen molar-refractivity contribution in [1.82, 2.24) is 0 Å². The highest BCUT2D eigenvalue weighted by Crippen LogP contribution is 2.16. The van der Waals surface area contributed by atoms with Crippen molar-refractivity contribution in [2.24, 2.45) is 4.99 Å². The summed E-state index contributed by atoms with van der Waals surface area (Å²) in [4.78, 5) is 4.35. The van der Waals surface area contributed by atoms with Crippen LogP contribution in [0, 0.1) is 6.92 Å². The lowest BCUT2D eigenvalue weighted by Gasteiger charge is -1.99. The molecule has 1 aromatic carbocycles. The number of hydrogen-bond acceptors (Lipinski definition) is 2. The van der Waals surface area contributed by atoms with Crippen LogP contribution < -0.4 is 0 Å². The van der Waals surface area contributed by atoms with E-state index in [1.807, 2.05) is 38.1 Å². The number of aryl methyl sites for hydroxylation is 1. The molecule has 0 saturated heterocycles. The van der Waals surface area contributed by atoms with Gasteiger partial charge in [-0.3, -0.25) is 0 Å². The zero-order chi connectivity index (χ0) is 10.6. The third-order valence-electron chi connectivity index (χ3n) is 1.78. The molecule has 0 heterocycles. The average molecular weight is 223 g/mol. The van der Waals surface area contributed by atoms with Gasteiger partial charge in [0.25, 0.3) is 0 Å². The Morgan fingerprint density at radius 2 is 2.14 bits per heavy atom. The maximum absolute atomic E-state index is 4.35. The molecule has 14 heavy (non-hydrogen) atoms. The molecule has 0 atom stereocenters. The second kappa shape index (κ2) is 5.27. The fourth-order valence-electron chi connectivity index (χ4n) is 0.966. The van der Waals surface area contributed by atoms with Crippen molar-refractivity contribution in [3.8, 4) is 0 Å². The topological polar surface area (TPSA) is 12.4 Å². The predicted octanol–water partition coefficient (Wildman–Crippen LogP) is 3.79. The molecule has 0 aromatic heterocycles. The van der Waals surface area contributed by atoms with Gasteiger partial charge < -0.3 is 0 Å². The van der Waals surface area contributed by atoms with Crippen molar-refractivity contribution in [3.63, 3.8) is 0 Å². The smallest absolute Gasteiger partial charge is 0.0970 e. The number of nitrogens with zero attached hydrogens (tertiary/aromatic N) is 1. The van der Waals surface area contributed by atoms with Crippen molar-refractivity contribution in [1.29, 1.82) is 0 Å². The fourth-order valence-corrected chi connectivity index (χ4v) is 1.37. The Bertz CT molecular complexity index is 381. The van der Waals surface area contributed by atoms with Gasteiger partial charge in [-0.25, -0.2) is 4.99 Å². The summed E-state index contributed by atoms with van der Waals surface area (Å²) in [6.45, 7) is 3.97. The second-order valence-electron chi connectivity index (χ2n) is 3.09. The minimum absolute atomic E-state index is 0.700. The molecule has 1 nitrogen and oxygen atoms in total. The lowest BCUT2D eigenvalue weighted by molar-refractivity contribution is 1.42. The van der Waals surface area contributed by atoms with Gasteiger partial charge in [-0.15, -0.1) is 12.6 Å². The predicted molar refractivity (Wildman–Crippen MR) is 70.0 cm³/mol. The quantitative estimate of drug-likeness (QED) is 0.430. The van der Waals surface area contributed by atoms with E-state index in [0.717, 1.165) is 11.3 Å². The number of aliphatic imine (C=N–C) groups is 1. The van der Waals surface area contributed by atoms with E-state index in [4.69, 9.17) is 0 Å². The summed E-state index contributed by atoms with van der Waals surface area (Å²) in [5.74, 6) is 0. The largest absolute Gasteiger partial charge is 0.242 e. The van der Waals surface area contributed by atoms with Crippen LogP contribution in [0.3, 0.4) is 0 Å². The second-order valence-corrected chi connectivity index (χ2v) is 3.77. The van der Waals surface area contributed by atoms with Crippen molar-refractivity contribution in [3.05, 3.63) is 40.8 Å². The van der Waals surface area contributed by atoms with Gasteiger partial charge in [0.1, 0.15) is 0 Å². The van der Waals surface area contributed by atoms with Gasteiger partial charge in [-0.2, -0.15) is 12.6 Å². The molecule has 0 radical (unpaired) electrons. The molecule has 0 fully saturated rings. The van der Waals surface area contributed by atoms with Crippen LogP contribution >= 0.6 is 25.3 Å². The van der Waals surface area contributed by atoms with Crippen LogP contribution in [0.25, 0.3) is 0 Å². The van der Waals surface area contributed by atoms with Gasteiger partial charge in [-0.05, 0) is 42.5 Å². The third-order valence-corrected chi connectivity index (χ3v) is 2.62. The van der Waals surface area contributed by atoms with Gasteiger partial charge in [0.15, 0.2) is 0 Å². The van der Waals surface area contributed by atoms with E-state index in [9.17, 15) is 0 Å². The standard InChI is InChI=1S/C11H13NS2/c1-8-4-3-5-10(6-8)12-11(14)9(2)7-13/h3-7,13H,1-2H3,(H,12,14)/b9-7+. The minimum Gasteiger partial charge on any atom is -0.242 e. The summed E-state index contributed by atoms with van der Waals surface area (Å²) in [7, 11) is 0. The van der Waals surface area contributed by atoms with Crippen LogP contribution in [0.5, 0.6) is 0 Å². The molecule has 0 unspecified atom stereocenters. The molecule has 0 N–H and O–H groups in total. The highest BCUT2D eigenvalue weighted by molar-refractivity contribution is 7.97. The Morgan fingerprint density at radius 1 is 1.43 bits per heavy atom. The SMILES string of the molecule is CC(=C\S)/C(S)=N/c1cccc(C)c1. The molecule has 0 aliphatic rings. The Hall–Kier alpha value is -0.670. The maximum Gasteiger partial charge on any atom is 0.0970 e. The first-order valence-corrected chi connectivity index (χ1v) is 5.25. The summed E-state index contributed by atoms with van der Waals surface area (Å²) in [5.41, 5.74) is 3.07.